The van der Waals surface area contributed by atoms with Crippen LogP contribution in [0.3, 0.4) is 0 Å². The van der Waals surface area contributed by atoms with Gasteiger partial charge in [-0.2, -0.15) is 5.10 Å². The Morgan fingerprint density at radius 1 is 1.03 bits per heavy atom. The maximum absolute atomic E-state index is 13.7. The van der Waals surface area contributed by atoms with E-state index in [1.807, 2.05) is 47.8 Å². The van der Waals surface area contributed by atoms with Crippen molar-refractivity contribution in [2.45, 2.75) is 6.54 Å². The van der Waals surface area contributed by atoms with E-state index in [-0.39, 0.29) is 11.3 Å². The average molecular weight is 435 g/mol. The number of carbonyl (C=O) groups is 2. The summed E-state index contributed by atoms with van der Waals surface area (Å²) in [6.45, 7) is -0.0544. The van der Waals surface area contributed by atoms with Gasteiger partial charge in [0.2, 0.25) is 0 Å². The maximum atomic E-state index is 13.7. The minimum absolute atomic E-state index is 0.0264. The largest absolute Gasteiger partial charge is 0.452 e. The van der Waals surface area contributed by atoms with E-state index in [1.54, 1.807) is 16.9 Å². The van der Waals surface area contributed by atoms with Crippen LogP contribution in [0.25, 0.3) is 10.6 Å². The molecule has 0 aliphatic carbocycles. The van der Waals surface area contributed by atoms with Crippen LogP contribution in [0.15, 0.2) is 78.3 Å². The summed E-state index contributed by atoms with van der Waals surface area (Å²) in [5.41, 5.74) is 1.81. The Labute approximate surface area is 181 Å². The van der Waals surface area contributed by atoms with Gasteiger partial charge in [0.1, 0.15) is 17.1 Å². The standard InChI is InChI=1S/C23H18FN3O3S/c24-18-9-4-5-10-19(18)25-21(28)15-30-23(29)17-14-27(13-16-7-2-1-3-8-16)26-22(17)20-11-6-12-31-20/h1-12,14H,13,15H2,(H,25,28). The normalized spacial score (nSPS) is 10.6. The lowest BCUT2D eigenvalue weighted by atomic mass is 10.2. The van der Waals surface area contributed by atoms with E-state index >= 15 is 0 Å². The Morgan fingerprint density at radius 3 is 2.55 bits per heavy atom. The molecule has 2 heterocycles. The Bertz CT molecular complexity index is 1190. The fourth-order valence-electron chi connectivity index (χ4n) is 2.98. The molecule has 0 fully saturated rings. The van der Waals surface area contributed by atoms with Gasteiger partial charge in [-0.25, -0.2) is 9.18 Å². The predicted octanol–water partition coefficient (Wildman–Crippen LogP) is 4.59. The van der Waals surface area contributed by atoms with Crippen LogP contribution in [0, 0.1) is 5.82 Å². The summed E-state index contributed by atoms with van der Waals surface area (Å²) in [6, 6.07) is 19.2. The van der Waals surface area contributed by atoms with E-state index in [2.05, 4.69) is 10.4 Å². The maximum Gasteiger partial charge on any atom is 0.342 e. The highest BCUT2D eigenvalue weighted by Crippen LogP contribution is 2.27. The number of esters is 1. The van der Waals surface area contributed by atoms with Gasteiger partial charge in [0.15, 0.2) is 6.61 Å². The molecule has 2 aromatic heterocycles. The van der Waals surface area contributed by atoms with Crippen molar-refractivity contribution in [3.8, 4) is 10.6 Å². The second-order valence-electron chi connectivity index (χ2n) is 6.66. The van der Waals surface area contributed by atoms with E-state index in [0.717, 1.165) is 10.4 Å². The van der Waals surface area contributed by atoms with Gasteiger partial charge in [0.25, 0.3) is 5.91 Å². The van der Waals surface area contributed by atoms with Gasteiger partial charge in [-0.1, -0.05) is 48.5 Å². The molecular weight excluding hydrogens is 417 g/mol. The minimum atomic E-state index is -0.675. The molecule has 0 unspecified atom stereocenters. The summed E-state index contributed by atoms with van der Waals surface area (Å²) >= 11 is 1.45. The number of benzene rings is 2. The van der Waals surface area contributed by atoms with Crippen LogP contribution < -0.4 is 5.32 Å². The quantitative estimate of drug-likeness (QED) is 0.431. The van der Waals surface area contributed by atoms with Crippen molar-refractivity contribution in [3.05, 3.63) is 95.3 Å². The summed E-state index contributed by atoms with van der Waals surface area (Å²) in [5.74, 6) is -1.87. The first-order valence-corrected chi connectivity index (χ1v) is 10.3. The van der Waals surface area contributed by atoms with E-state index in [0.29, 0.717) is 12.2 Å². The summed E-state index contributed by atoms with van der Waals surface area (Å²) in [6.07, 6.45) is 1.61. The highest BCUT2D eigenvalue weighted by atomic mass is 32.1. The summed E-state index contributed by atoms with van der Waals surface area (Å²) in [5, 5.41) is 8.83. The molecule has 0 saturated carbocycles. The zero-order valence-corrected chi connectivity index (χ0v) is 17.1. The number of hydrogen-bond acceptors (Lipinski definition) is 5. The molecule has 31 heavy (non-hydrogen) atoms. The topological polar surface area (TPSA) is 73.2 Å². The van der Waals surface area contributed by atoms with Crippen LogP contribution in [0.5, 0.6) is 0 Å². The smallest absolute Gasteiger partial charge is 0.342 e. The van der Waals surface area contributed by atoms with E-state index in [9.17, 15) is 14.0 Å². The van der Waals surface area contributed by atoms with Crippen LogP contribution in [0.4, 0.5) is 10.1 Å². The van der Waals surface area contributed by atoms with Crippen molar-refractivity contribution in [2.24, 2.45) is 0 Å². The number of amides is 1. The second kappa shape index (κ2) is 9.36. The third-order valence-corrected chi connectivity index (χ3v) is 5.28. The molecule has 8 heteroatoms. The van der Waals surface area contributed by atoms with Crippen LogP contribution in [0.1, 0.15) is 15.9 Å². The predicted molar refractivity (Wildman–Crippen MR) is 116 cm³/mol. The van der Waals surface area contributed by atoms with Gasteiger partial charge in [0, 0.05) is 6.20 Å². The molecule has 0 bridgehead atoms. The monoisotopic (exact) mass is 435 g/mol. The van der Waals surface area contributed by atoms with Gasteiger partial charge in [-0.3, -0.25) is 9.48 Å². The lowest BCUT2D eigenvalue weighted by Gasteiger charge is -2.07. The van der Waals surface area contributed by atoms with Crippen molar-refractivity contribution in [2.75, 3.05) is 11.9 Å². The number of nitrogens with zero attached hydrogens (tertiary/aromatic N) is 2. The Morgan fingerprint density at radius 2 is 1.81 bits per heavy atom. The second-order valence-corrected chi connectivity index (χ2v) is 7.60. The molecule has 1 N–H and O–H groups in total. The molecule has 2 aromatic carbocycles. The Kier molecular flexibility index (Phi) is 6.18. The molecule has 6 nitrogen and oxygen atoms in total. The van der Waals surface area contributed by atoms with Crippen LogP contribution >= 0.6 is 11.3 Å². The number of hydrogen-bond donors (Lipinski definition) is 1. The van der Waals surface area contributed by atoms with Crippen molar-refractivity contribution >= 4 is 28.9 Å². The lowest BCUT2D eigenvalue weighted by molar-refractivity contribution is -0.119. The number of nitrogens with one attached hydrogen (secondary N) is 1. The highest BCUT2D eigenvalue weighted by molar-refractivity contribution is 7.13. The van der Waals surface area contributed by atoms with Gasteiger partial charge in [0.05, 0.1) is 17.1 Å². The summed E-state index contributed by atoms with van der Waals surface area (Å²) in [4.78, 5) is 25.6. The third-order valence-electron chi connectivity index (χ3n) is 4.41. The molecule has 0 spiro atoms. The first kappa shape index (κ1) is 20.5. The molecule has 4 aromatic rings. The molecule has 4 rings (SSSR count). The van der Waals surface area contributed by atoms with E-state index < -0.39 is 24.3 Å². The van der Waals surface area contributed by atoms with Crippen LogP contribution in [0.2, 0.25) is 0 Å². The molecule has 0 atom stereocenters. The average Bonchev–Trinajstić information content (AvgIpc) is 3.44. The number of halogens is 1. The SMILES string of the molecule is O=C(COC(=O)c1cn(Cc2ccccc2)nc1-c1cccs1)Nc1ccccc1F. The molecule has 0 radical (unpaired) electrons. The van der Waals surface area contributed by atoms with Crippen molar-refractivity contribution in [3.63, 3.8) is 0 Å². The Balaban J connectivity index is 1.48. The molecule has 0 aliphatic rings. The molecular formula is C23H18FN3O3S. The van der Waals surface area contributed by atoms with Gasteiger partial charge in [-0.05, 0) is 29.1 Å². The van der Waals surface area contributed by atoms with Crippen molar-refractivity contribution < 1.29 is 18.7 Å². The van der Waals surface area contributed by atoms with Gasteiger partial charge in [-0.15, -0.1) is 11.3 Å². The first-order valence-electron chi connectivity index (χ1n) is 9.47. The zero-order valence-electron chi connectivity index (χ0n) is 16.3. The fourth-order valence-corrected chi connectivity index (χ4v) is 3.70. The molecule has 0 aliphatic heterocycles. The summed E-state index contributed by atoms with van der Waals surface area (Å²) < 4.78 is 20.5. The number of ether oxygens (including phenoxy) is 1. The minimum Gasteiger partial charge on any atom is -0.452 e. The molecule has 156 valence electrons. The first-order chi connectivity index (χ1) is 15.1. The van der Waals surface area contributed by atoms with Crippen molar-refractivity contribution in [1.29, 1.82) is 0 Å². The number of rotatable bonds is 7. The van der Waals surface area contributed by atoms with Crippen LogP contribution in [-0.2, 0) is 16.1 Å². The molecule has 1 amide bonds. The fraction of sp³-hybridized carbons (Fsp3) is 0.0870. The van der Waals surface area contributed by atoms with Crippen LogP contribution in [-0.4, -0.2) is 28.3 Å². The third kappa shape index (κ3) is 5.04. The highest BCUT2D eigenvalue weighted by Gasteiger charge is 2.21. The zero-order chi connectivity index (χ0) is 21.6. The van der Waals surface area contributed by atoms with E-state index in [4.69, 9.17) is 4.74 Å². The van der Waals surface area contributed by atoms with Gasteiger partial charge < -0.3 is 10.1 Å². The Hall–Kier alpha value is -3.78. The lowest BCUT2D eigenvalue weighted by Crippen LogP contribution is -2.21. The van der Waals surface area contributed by atoms with E-state index in [1.165, 1.54) is 29.5 Å². The summed E-state index contributed by atoms with van der Waals surface area (Å²) in [7, 11) is 0. The van der Waals surface area contributed by atoms with Crippen molar-refractivity contribution in [1.82, 2.24) is 9.78 Å². The molecule has 0 saturated heterocycles. The number of anilines is 1. The number of para-hydroxylation sites is 1. The number of carbonyl (C=O) groups excluding carboxylic acids is 2. The number of aromatic nitrogens is 2. The number of thiophene rings is 1. The van der Waals surface area contributed by atoms with Gasteiger partial charge >= 0.3 is 5.97 Å².